The van der Waals surface area contributed by atoms with Crippen molar-refractivity contribution in [1.82, 2.24) is 5.32 Å². The highest BCUT2D eigenvalue weighted by molar-refractivity contribution is 14.0. The molecule has 0 amide bonds. The van der Waals surface area contributed by atoms with Gasteiger partial charge in [-0.2, -0.15) is 0 Å². The van der Waals surface area contributed by atoms with Crippen LogP contribution in [0.3, 0.4) is 0 Å². The Morgan fingerprint density at radius 2 is 1.63 bits per heavy atom. The van der Waals surface area contributed by atoms with E-state index in [2.05, 4.69) is 15.6 Å². The number of methoxy groups -OCH3 is 3. The van der Waals surface area contributed by atoms with Gasteiger partial charge >= 0.3 is 0 Å². The zero-order valence-corrected chi connectivity index (χ0v) is 19.9. The summed E-state index contributed by atoms with van der Waals surface area (Å²) in [7, 11) is 6.49. The molecular formula is C21H28IN3O5. The van der Waals surface area contributed by atoms with Gasteiger partial charge in [0.25, 0.3) is 0 Å². The minimum atomic E-state index is 0. The molecule has 9 heteroatoms. The molecule has 0 aromatic heterocycles. The number of aliphatic imine (C=N–C) groups is 1. The first-order valence-corrected chi connectivity index (χ1v) is 9.34. The molecule has 0 unspecified atom stereocenters. The molecule has 2 aromatic carbocycles. The van der Waals surface area contributed by atoms with Crippen molar-refractivity contribution in [1.29, 1.82) is 0 Å². The van der Waals surface area contributed by atoms with Crippen LogP contribution in [0.25, 0.3) is 0 Å². The molecule has 2 N–H and O–H groups in total. The molecule has 0 saturated heterocycles. The number of fused-ring (bicyclic) bond motifs is 1. The van der Waals surface area contributed by atoms with Crippen molar-refractivity contribution in [3.63, 3.8) is 0 Å². The maximum atomic E-state index is 5.74. The number of hydrogen-bond acceptors (Lipinski definition) is 6. The van der Waals surface area contributed by atoms with Crippen molar-refractivity contribution >= 4 is 35.6 Å². The molecule has 1 aliphatic rings. The van der Waals surface area contributed by atoms with Crippen molar-refractivity contribution in [2.45, 2.75) is 13.0 Å². The van der Waals surface area contributed by atoms with Crippen LogP contribution in [0.4, 0.5) is 5.69 Å². The molecule has 0 spiro atoms. The molecule has 0 fully saturated rings. The topological polar surface area (TPSA) is 82.6 Å². The van der Waals surface area contributed by atoms with Gasteiger partial charge < -0.3 is 34.3 Å². The fourth-order valence-corrected chi connectivity index (χ4v) is 2.98. The number of rotatable bonds is 6. The summed E-state index contributed by atoms with van der Waals surface area (Å²) < 4.78 is 27.6. The maximum absolute atomic E-state index is 5.74. The van der Waals surface area contributed by atoms with Crippen molar-refractivity contribution in [3.05, 3.63) is 35.9 Å². The second-order valence-electron chi connectivity index (χ2n) is 6.30. The van der Waals surface area contributed by atoms with E-state index in [0.29, 0.717) is 43.0 Å². The third-order valence-electron chi connectivity index (χ3n) is 4.42. The van der Waals surface area contributed by atoms with Crippen LogP contribution in [-0.2, 0) is 6.54 Å². The van der Waals surface area contributed by atoms with Gasteiger partial charge in [-0.05, 0) is 29.8 Å². The van der Waals surface area contributed by atoms with E-state index >= 15 is 0 Å². The van der Waals surface area contributed by atoms with Crippen LogP contribution in [0.2, 0.25) is 0 Å². The Morgan fingerprint density at radius 3 is 2.23 bits per heavy atom. The van der Waals surface area contributed by atoms with Crippen LogP contribution < -0.4 is 34.3 Å². The molecule has 0 aliphatic carbocycles. The lowest BCUT2D eigenvalue weighted by Crippen LogP contribution is -2.30. The van der Waals surface area contributed by atoms with Crippen molar-refractivity contribution in [3.8, 4) is 28.7 Å². The Balaban J connectivity index is 0.00000320. The fraction of sp³-hybridized carbons (Fsp3) is 0.381. The summed E-state index contributed by atoms with van der Waals surface area (Å²) in [5.74, 6) is 3.88. The Hall–Kier alpha value is -2.56. The van der Waals surface area contributed by atoms with Gasteiger partial charge in [0.15, 0.2) is 29.0 Å². The average molecular weight is 529 g/mol. The third kappa shape index (κ3) is 5.74. The van der Waals surface area contributed by atoms with Gasteiger partial charge in [0.1, 0.15) is 0 Å². The van der Waals surface area contributed by atoms with E-state index in [1.54, 1.807) is 28.4 Å². The minimum Gasteiger partial charge on any atom is -0.493 e. The zero-order valence-electron chi connectivity index (χ0n) is 17.6. The highest BCUT2D eigenvalue weighted by atomic mass is 127. The first-order valence-electron chi connectivity index (χ1n) is 9.34. The van der Waals surface area contributed by atoms with Crippen LogP contribution in [-0.4, -0.2) is 47.6 Å². The summed E-state index contributed by atoms with van der Waals surface area (Å²) >= 11 is 0. The van der Waals surface area contributed by atoms with Gasteiger partial charge in [-0.1, -0.05) is 0 Å². The molecule has 30 heavy (non-hydrogen) atoms. The van der Waals surface area contributed by atoms with Crippen molar-refractivity contribution in [2.75, 3.05) is 46.9 Å². The summed E-state index contributed by atoms with van der Waals surface area (Å²) in [6.45, 7) is 1.82. The standard InChI is InChI=1S/C21H27N3O5.HI/c1-22-21(24-15-6-7-16-17(12-15)29-9-5-8-28-16)23-13-14-10-18(25-2)20(27-4)19(11-14)26-3;/h6-7,10-12H,5,8-9,13H2,1-4H3,(H2,22,23,24);1H. The predicted octanol–water partition coefficient (Wildman–Crippen LogP) is 3.68. The molecule has 8 nitrogen and oxygen atoms in total. The quantitative estimate of drug-likeness (QED) is 0.336. The molecule has 0 radical (unpaired) electrons. The number of anilines is 1. The minimum absolute atomic E-state index is 0. The first-order chi connectivity index (χ1) is 14.2. The van der Waals surface area contributed by atoms with Gasteiger partial charge in [-0.15, -0.1) is 24.0 Å². The van der Waals surface area contributed by atoms with E-state index in [0.717, 1.165) is 29.2 Å². The Bertz CT molecular complexity index is 851. The molecule has 3 rings (SSSR count). The number of nitrogens with zero attached hydrogens (tertiary/aromatic N) is 1. The van der Waals surface area contributed by atoms with E-state index < -0.39 is 0 Å². The lowest BCUT2D eigenvalue weighted by Gasteiger charge is -2.16. The van der Waals surface area contributed by atoms with E-state index in [1.165, 1.54) is 0 Å². The van der Waals surface area contributed by atoms with Crippen LogP contribution in [0.15, 0.2) is 35.3 Å². The van der Waals surface area contributed by atoms with E-state index in [1.807, 2.05) is 30.3 Å². The van der Waals surface area contributed by atoms with Gasteiger partial charge in [-0.25, -0.2) is 0 Å². The number of ether oxygens (including phenoxy) is 5. The van der Waals surface area contributed by atoms with E-state index in [4.69, 9.17) is 23.7 Å². The number of guanidine groups is 1. The Labute approximate surface area is 193 Å². The lowest BCUT2D eigenvalue weighted by atomic mass is 10.2. The monoisotopic (exact) mass is 529 g/mol. The summed E-state index contributed by atoms with van der Waals surface area (Å²) in [4.78, 5) is 4.28. The third-order valence-corrected chi connectivity index (χ3v) is 4.42. The number of hydrogen-bond donors (Lipinski definition) is 2. The van der Waals surface area contributed by atoms with Gasteiger partial charge in [0, 0.05) is 31.8 Å². The van der Waals surface area contributed by atoms with Gasteiger partial charge in [0.2, 0.25) is 5.75 Å². The smallest absolute Gasteiger partial charge is 0.203 e. The summed E-state index contributed by atoms with van der Waals surface area (Å²) in [6, 6.07) is 9.53. The van der Waals surface area contributed by atoms with Crippen LogP contribution in [0.1, 0.15) is 12.0 Å². The highest BCUT2D eigenvalue weighted by Crippen LogP contribution is 2.38. The lowest BCUT2D eigenvalue weighted by molar-refractivity contribution is 0.297. The van der Waals surface area contributed by atoms with Gasteiger partial charge in [0.05, 0.1) is 34.5 Å². The molecular weight excluding hydrogens is 501 g/mol. The SMILES string of the molecule is CN=C(NCc1cc(OC)c(OC)c(OC)c1)Nc1ccc2c(c1)OCCCO2.I. The van der Waals surface area contributed by atoms with Crippen LogP contribution >= 0.6 is 24.0 Å². The predicted molar refractivity (Wildman–Crippen MR) is 127 cm³/mol. The summed E-state index contributed by atoms with van der Waals surface area (Å²) in [5.41, 5.74) is 1.81. The Kier molecular flexibility index (Phi) is 9.15. The van der Waals surface area contributed by atoms with Crippen LogP contribution in [0.5, 0.6) is 28.7 Å². The molecule has 1 heterocycles. The first kappa shape index (κ1) is 23.7. The van der Waals surface area contributed by atoms with E-state index in [9.17, 15) is 0 Å². The highest BCUT2D eigenvalue weighted by Gasteiger charge is 2.14. The summed E-state index contributed by atoms with van der Waals surface area (Å²) in [6.07, 6.45) is 0.870. The number of halogens is 1. The van der Waals surface area contributed by atoms with E-state index in [-0.39, 0.29) is 24.0 Å². The number of nitrogens with one attached hydrogen (secondary N) is 2. The normalized spacial score (nSPS) is 12.9. The number of benzene rings is 2. The second kappa shape index (κ2) is 11.6. The molecule has 0 saturated carbocycles. The largest absolute Gasteiger partial charge is 0.493 e. The Morgan fingerprint density at radius 1 is 0.967 bits per heavy atom. The fourth-order valence-electron chi connectivity index (χ4n) is 2.98. The maximum Gasteiger partial charge on any atom is 0.203 e. The average Bonchev–Trinajstić information content (AvgIpc) is 3.00. The summed E-state index contributed by atoms with van der Waals surface area (Å²) in [5, 5.41) is 6.55. The second-order valence-corrected chi connectivity index (χ2v) is 6.30. The molecule has 2 aromatic rings. The van der Waals surface area contributed by atoms with Crippen molar-refractivity contribution < 1.29 is 23.7 Å². The molecule has 0 atom stereocenters. The van der Waals surface area contributed by atoms with Gasteiger partial charge in [-0.3, -0.25) is 4.99 Å². The molecule has 164 valence electrons. The van der Waals surface area contributed by atoms with Crippen molar-refractivity contribution in [2.24, 2.45) is 4.99 Å². The molecule has 1 aliphatic heterocycles. The molecule has 0 bridgehead atoms. The zero-order chi connectivity index (χ0) is 20.6. The van der Waals surface area contributed by atoms with Crippen LogP contribution in [0, 0.1) is 0 Å².